The summed E-state index contributed by atoms with van der Waals surface area (Å²) >= 11 is 6.71. The molecule has 0 aliphatic carbocycles. The zero-order valence-electron chi connectivity index (χ0n) is 16.8. The number of hydrogen-bond acceptors (Lipinski definition) is 5. The molecule has 0 bridgehead atoms. The van der Waals surface area contributed by atoms with E-state index >= 15 is 0 Å². The molecule has 1 heterocycles. The summed E-state index contributed by atoms with van der Waals surface area (Å²) in [6.07, 6.45) is -2.96. The van der Waals surface area contributed by atoms with Gasteiger partial charge in [-0.25, -0.2) is 0 Å². The summed E-state index contributed by atoms with van der Waals surface area (Å²) in [7, 11) is 1.55. The maximum atomic E-state index is 13.0. The quantitative estimate of drug-likeness (QED) is 0.337. The molecule has 0 aliphatic heterocycles. The highest BCUT2D eigenvalue weighted by Crippen LogP contribution is 2.36. The van der Waals surface area contributed by atoms with Crippen molar-refractivity contribution in [2.24, 2.45) is 0 Å². The normalized spacial score (nSPS) is 11.3. The van der Waals surface area contributed by atoms with E-state index in [1.165, 1.54) is 6.07 Å². The Morgan fingerprint density at radius 2 is 2.03 bits per heavy atom. The van der Waals surface area contributed by atoms with E-state index in [4.69, 9.17) is 16.3 Å². The second-order valence-electron chi connectivity index (χ2n) is 6.43. The molecule has 0 unspecified atom stereocenters. The average Bonchev–Trinajstić information content (AvgIpc) is 3.15. The fraction of sp³-hybridized carbons (Fsp3) is 0.190. The number of halogens is 4. The molecule has 0 saturated heterocycles. The Kier molecular flexibility index (Phi) is 7.47. The van der Waals surface area contributed by atoms with Crippen molar-refractivity contribution in [1.82, 2.24) is 14.8 Å². The largest absolute Gasteiger partial charge is 0.496 e. The number of alkyl halides is 3. The number of aromatic nitrogens is 3. The maximum Gasteiger partial charge on any atom is 0.417 e. The van der Waals surface area contributed by atoms with Crippen LogP contribution in [-0.4, -0.2) is 33.5 Å². The molecule has 11 heteroatoms. The van der Waals surface area contributed by atoms with E-state index in [1.54, 1.807) is 23.8 Å². The van der Waals surface area contributed by atoms with Gasteiger partial charge in [0, 0.05) is 12.2 Å². The Labute approximate surface area is 191 Å². The first-order valence-corrected chi connectivity index (χ1v) is 10.6. The molecular weight excluding hydrogens is 465 g/mol. The minimum absolute atomic E-state index is 0.00501. The molecule has 0 spiro atoms. The van der Waals surface area contributed by atoms with Crippen LogP contribution in [0.1, 0.15) is 5.56 Å². The Morgan fingerprint density at radius 3 is 2.72 bits per heavy atom. The smallest absolute Gasteiger partial charge is 0.417 e. The molecule has 3 aromatic rings. The third-order valence-corrected chi connectivity index (χ3v) is 5.56. The zero-order chi connectivity index (χ0) is 23.3. The zero-order valence-corrected chi connectivity index (χ0v) is 18.4. The molecule has 6 nitrogen and oxygen atoms in total. The van der Waals surface area contributed by atoms with E-state index in [9.17, 15) is 18.0 Å². The van der Waals surface area contributed by atoms with Gasteiger partial charge in [0.25, 0.3) is 0 Å². The van der Waals surface area contributed by atoms with Crippen molar-refractivity contribution in [3.63, 3.8) is 0 Å². The highest BCUT2D eigenvalue weighted by atomic mass is 35.5. The second kappa shape index (κ2) is 10.1. The fourth-order valence-corrected chi connectivity index (χ4v) is 3.84. The Balaban J connectivity index is 1.75. The minimum Gasteiger partial charge on any atom is -0.496 e. The van der Waals surface area contributed by atoms with Crippen LogP contribution in [-0.2, 0) is 17.5 Å². The van der Waals surface area contributed by atoms with Gasteiger partial charge < -0.3 is 10.1 Å². The molecule has 0 saturated carbocycles. The van der Waals surface area contributed by atoms with Gasteiger partial charge in [0.2, 0.25) is 5.91 Å². The Hall–Kier alpha value is -2.98. The number of anilines is 1. The van der Waals surface area contributed by atoms with Crippen LogP contribution in [0.2, 0.25) is 5.02 Å². The van der Waals surface area contributed by atoms with Gasteiger partial charge in [-0.05, 0) is 30.3 Å². The summed E-state index contributed by atoms with van der Waals surface area (Å²) in [5.74, 6) is 0.559. The third-order valence-electron chi connectivity index (χ3n) is 4.26. The van der Waals surface area contributed by atoms with Crippen molar-refractivity contribution in [3.05, 3.63) is 65.7 Å². The molecule has 0 atom stereocenters. The van der Waals surface area contributed by atoms with E-state index in [-0.39, 0.29) is 11.4 Å². The number of para-hydroxylation sites is 1. The summed E-state index contributed by atoms with van der Waals surface area (Å²) in [5.41, 5.74) is -0.298. The van der Waals surface area contributed by atoms with Crippen LogP contribution in [0.15, 0.2) is 60.3 Å². The van der Waals surface area contributed by atoms with E-state index in [0.717, 1.165) is 29.5 Å². The lowest BCUT2D eigenvalue weighted by molar-refractivity contribution is -0.137. The molecule has 0 fully saturated rings. The number of ether oxygens (including phenoxy) is 1. The number of hydrogen-bond donors (Lipinski definition) is 1. The molecule has 1 amide bonds. The molecule has 32 heavy (non-hydrogen) atoms. The van der Waals surface area contributed by atoms with Crippen LogP contribution in [0.5, 0.6) is 5.75 Å². The first-order valence-electron chi connectivity index (χ1n) is 9.21. The molecule has 0 radical (unpaired) electrons. The highest BCUT2D eigenvalue weighted by Gasteiger charge is 2.33. The lowest BCUT2D eigenvalue weighted by atomic mass is 10.2. The topological polar surface area (TPSA) is 69.0 Å². The predicted octanol–water partition coefficient (Wildman–Crippen LogP) is 5.54. The van der Waals surface area contributed by atoms with Crippen LogP contribution < -0.4 is 10.1 Å². The van der Waals surface area contributed by atoms with Gasteiger partial charge >= 0.3 is 6.18 Å². The van der Waals surface area contributed by atoms with Gasteiger partial charge in [-0.3, -0.25) is 9.36 Å². The number of carbonyl (C=O) groups is 1. The number of rotatable bonds is 8. The summed E-state index contributed by atoms with van der Waals surface area (Å²) < 4.78 is 46.2. The lowest BCUT2D eigenvalue weighted by Crippen LogP contribution is -2.15. The van der Waals surface area contributed by atoms with Crippen LogP contribution >= 0.6 is 23.4 Å². The predicted molar refractivity (Wildman–Crippen MR) is 118 cm³/mol. The number of carbonyl (C=O) groups excluding carboxylic acids is 1. The van der Waals surface area contributed by atoms with E-state index in [2.05, 4.69) is 22.1 Å². The first-order chi connectivity index (χ1) is 15.2. The van der Waals surface area contributed by atoms with Crippen LogP contribution in [0.25, 0.3) is 11.4 Å². The molecule has 1 N–H and O–H groups in total. The third kappa shape index (κ3) is 5.43. The van der Waals surface area contributed by atoms with Crippen molar-refractivity contribution in [2.75, 3.05) is 18.2 Å². The van der Waals surface area contributed by atoms with Crippen molar-refractivity contribution in [3.8, 4) is 17.1 Å². The van der Waals surface area contributed by atoms with Gasteiger partial charge in [0.15, 0.2) is 11.0 Å². The maximum absolute atomic E-state index is 13.0. The van der Waals surface area contributed by atoms with Gasteiger partial charge in [0.1, 0.15) is 5.75 Å². The SMILES string of the molecule is C=CCn1c(SCC(=O)Nc2ccc(Cl)c(C(F)(F)F)c2)nnc1-c1ccccc1OC. The molecule has 0 aliphatic rings. The highest BCUT2D eigenvalue weighted by molar-refractivity contribution is 7.99. The van der Waals surface area contributed by atoms with Gasteiger partial charge in [-0.2, -0.15) is 13.2 Å². The summed E-state index contributed by atoms with van der Waals surface area (Å²) in [4.78, 5) is 12.3. The van der Waals surface area contributed by atoms with Crippen LogP contribution in [0.4, 0.5) is 18.9 Å². The fourth-order valence-electron chi connectivity index (χ4n) is 2.87. The second-order valence-corrected chi connectivity index (χ2v) is 7.78. The van der Waals surface area contributed by atoms with Gasteiger partial charge in [-0.1, -0.05) is 41.6 Å². The number of methoxy groups -OCH3 is 1. The first kappa shape index (κ1) is 23.7. The summed E-state index contributed by atoms with van der Waals surface area (Å²) in [6, 6.07) is 10.5. The number of nitrogens with zero attached hydrogens (tertiary/aromatic N) is 3. The van der Waals surface area contributed by atoms with Gasteiger partial charge in [0.05, 0.1) is 29.0 Å². The molecule has 168 valence electrons. The van der Waals surface area contributed by atoms with E-state index in [0.29, 0.717) is 23.3 Å². The molecule has 1 aromatic heterocycles. The van der Waals surface area contributed by atoms with Crippen LogP contribution in [0.3, 0.4) is 0 Å². The van der Waals surface area contributed by atoms with Crippen molar-refractivity contribution in [2.45, 2.75) is 17.9 Å². The summed E-state index contributed by atoms with van der Waals surface area (Å²) in [5, 5.41) is 10.8. The van der Waals surface area contributed by atoms with Crippen molar-refractivity contribution in [1.29, 1.82) is 0 Å². The lowest BCUT2D eigenvalue weighted by Gasteiger charge is -2.12. The number of amides is 1. The molecule has 2 aromatic carbocycles. The molecule has 3 rings (SSSR count). The van der Waals surface area contributed by atoms with E-state index < -0.39 is 22.7 Å². The minimum atomic E-state index is -4.62. The number of thioether (sulfide) groups is 1. The number of allylic oxidation sites excluding steroid dienone is 1. The Bertz CT molecular complexity index is 1130. The van der Waals surface area contributed by atoms with E-state index in [1.807, 2.05) is 18.2 Å². The van der Waals surface area contributed by atoms with Crippen molar-refractivity contribution < 1.29 is 22.7 Å². The Morgan fingerprint density at radius 1 is 1.28 bits per heavy atom. The molecular formula is C21H18ClF3N4O2S. The number of nitrogens with one attached hydrogen (secondary N) is 1. The standard InChI is InChI=1S/C21H18ClF3N4O2S/c1-3-10-29-19(14-6-4-5-7-17(14)31-2)27-28-20(29)32-12-18(30)26-13-8-9-16(22)15(11-13)21(23,24)25/h3-9,11H,1,10,12H2,2H3,(H,26,30). The van der Waals surface area contributed by atoms with Gasteiger partial charge in [-0.15, -0.1) is 16.8 Å². The average molecular weight is 483 g/mol. The van der Waals surface area contributed by atoms with Crippen LogP contribution in [0, 0.1) is 0 Å². The summed E-state index contributed by atoms with van der Waals surface area (Å²) in [6.45, 7) is 4.13. The monoisotopic (exact) mass is 482 g/mol. The van der Waals surface area contributed by atoms with Crippen molar-refractivity contribution >= 4 is 35.0 Å². The number of benzene rings is 2.